The Morgan fingerprint density at radius 1 is 1.16 bits per heavy atom. The van der Waals surface area contributed by atoms with Gasteiger partial charge in [0.1, 0.15) is 11.3 Å². The second kappa shape index (κ2) is 9.11. The van der Waals surface area contributed by atoms with Crippen molar-refractivity contribution in [2.75, 3.05) is 26.7 Å². The van der Waals surface area contributed by atoms with Crippen molar-refractivity contribution >= 4 is 26.9 Å². The van der Waals surface area contributed by atoms with Crippen molar-refractivity contribution in [2.24, 2.45) is 5.92 Å². The number of hydrogen-bond acceptors (Lipinski definition) is 5. The minimum Gasteiger partial charge on any atom is -0.497 e. The molecular formula is C23H26N2O5S. The number of nitrogens with zero attached hydrogens (tertiary/aromatic N) is 1. The van der Waals surface area contributed by atoms with Crippen LogP contribution < -0.4 is 10.1 Å². The van der Waals surface area contributed by atoms with Gasteiger partial charge in [-0.2, -0.15) is 4.31 Å². The maximum atomic E-state index is 12.7. The lowest BCUT2D eigenvalue weighted by Gasteiger charge is -2.31. The van der Waals surface area contributed by atoms with Crippen LogP contribution in [-0.4, -0.2) is 45.4 Å². The van der Waals surface area contributed by atoms with E-state index in [4.69, 9.17) is 9.15 Å². The van der Waals surface area contributed by atoms with Gasteiger partial charge in [-0.15, -0.1) is 0 Å². The zero-order valence-corrected chi connectivity index (χ0v) is 18.2. The number of carbonyl (C=O) groups is 1. The van der Waals surface area contributed by atoms with E-state index in [2.05, 4.69) is 5.32 Å². The normalized spacial score (nSPS) is 15.8. The van der Waals surface area contributed by atoms with E-state index >= 15 is 0 Å². The first kappa shape index (κ1) is 21.4. The second-order valence-electron chi connectivity index (χ2n) is 7.76. The fourth-order valence-corrected chi connectivity index (χ4v) is 5.41. The van der Waals surface area contributed by atoms with Gasteiger partial charge < -0.3 is 14.5 Å². The van der Waals surface area contributed by atoms with Gasteiger partial charge in [-0.3, -0.25) is 4.79 Å². The molecule has 1 fully saturated rings. The lowest BCUT2D eigenvalue weighted by atomic mass is 9.98. The van der Waals surface area contributed by atoms with Crippen LogP contribution in [0.25, 0.3) is 11.0 Å². The molecule has 0 radical (unpaired) electrons. The Hall–Kier alpha value is -2.84. The summed E-state index contributed by atoms with van der Waals surface area (Å²) in [6.07, 6.45) is 3.29. The molecule has 0 unspecified atom stereocenters. The largest absolute Gasteiger partial charge is 0.497 e. The van der Waals surface area contributed by atoms with Crippen LogP contribution >= 0.6 is 0 Å². The van der Waals surface area contributed by atoms with Gasteiger partial charge in [0.15, 0.2) is 0 Å². The number of piperidine rings is 1. The molecule has 0 atom stereocenters. The number of amides is 1. The topological polar surface area (TPSA) is 88.9 Å². The summed E-state index contributed by atoms with van der Waals surface area (Å²) in [4.78, 5) is 12.8. The predicted molar refractivity (Wildman–Crippen MR) is 117 cm³/mol. The van der Waals surface area contributed by atoms with Crippen molar-refractivity contribution in [3.63, 3.8) is 0 Å². The highest BCUT2D eigenvalue weighted by Crippen LogP contribution is 2.26. The first-order valence-corrected chi connectivity index (χ1v) is 11.8. The van der Waals surface area contributed by atoms with Crippen molar-refractivity contribution in [2.45, 2.75) is 24.2 Å². The summed E-state index contributed by atoms with van der Waals surface area (Å²) in [5.74, 6) is 0.896. The molecule has 1 aliphatic rings. The Morgan fingerprint density at radius 3 is 2.61 bits per heavy atom. The van der Waals surface area contributed by atoms with E-state index in [9.17, 15) is 13.2 Å². The Balaban J connectivity index is 1.28. The molecule has 164 valence electrons. The molecule has 1 aliphatic heterocycles. The molecule has 0 saturated carbocycles. The van der Waals surface area contributed by atoms with Crippen molar-refractivity contribution < 1.29 is 22.4 Å². The van der Waals surface area contributed by atoms with Crippen LogP contribution in [0, 0.1) is 5.92 Å². The van der Waals surface area contributed by atoms with E-state index in [0.717, 1.165) is 23.8 Å². The van der Waals surface area contributed by atoms with E-state index in [1.54, 1.807) is 49.8 Å². The summed E-state index contributed by atoms with van der Waals surface area (Å²) < 4.78 is 37.7. The van der Waals surface area contributed by atoms with Crippen molar-refractivity contribution in [3.05, 3.63) is 60.4 Å². The van der Waals surface area contributed by atoms with Gasteiger partial charge in [0.05, 0.1) is 24.7 Å². The predicted octanol–water partition coefficient (Wildman–Crippen LogP) is 3.20. The molecule has 0 aliphatic carbocycles. The van der Waals surface area contributed by atoms with Crippen LogP contribution in [0.15, 0.2) is 64.1 Å². The number of nitrogens with one attached hydrogen (secondary N) is 1. The maximum absolute atomic E-state index is 12.7. The summed E-state index contributed by atoms with van der Waals surface area (Å²) in [6, 6.07) is 14.0. The molecule has 4 rings (SSSR count). The van der Waals surface area contributed by atoms with E-state index in [1.807, 2.05) is 12.1 Å². The smallest absolute Gasteiger partial charge is 0.243 e. The minimum atomic E-state index is -3.45. The number of hydrogen-bond donors (Lipinski definition) is 1. The highest BCUT2D eigenvalue weighted by atomic mass is 32.2. The number of rotatable bonds is 7. The van der Waals surface area contributed by atoms with Crippen LogP contribution in [0.3, 0.4) is 0 Å². The van der Waals surface area contributed by atoms with Gasteiger partial charge in [0.25, 0.3) is 0 Å². The van der Waals surface area contributed by atoms with Crippen LogP contribution in [-0.2, 0) is 21.2 Å². The van der Waals surface area contributed by atoms with Crippen LogP contribution in [0.5, 0.6) is 5.75 Å². The first-order valence-electron chi connectivity index (χ1n) is 10.3. The van der Waals surface area contributed by atoms with Crippen molar-refractivity contribution in [3.8, 4) is 5.75 Å². The molecule has 1 aromatic heterocycles. The monoisotopic (exact) mass is 442 g/mol. The maximum Gasteiger partial charge on any atom is 0.243 e. The van der Waals surface area contributed by atoms with Crippen LogP contribution in [0.2, 0.25) is 0 Å². The highest BCUT2D eigenvalue weighted by molar-refractivity contribution is 7.89. The fourth-order valence-electron chi connectivity index (χ4n) is 3.92. The Kier molecular flexibility index (Phi) is 6.29. The Labute approximate surface area is 182 Å². The van der Waals surface area contributed by atoms with Gasteiger partial charge in [-0.05, 0) is 43.0 Å². The van der Waals surface area contributed by atoms with Crippen molar-refractivity contribution in [1.82, 2.24) is 9.62 Å². The van der Waals surface area contributed by atoms with Gasteiger partial charge in [-0.25, -0.2) is 8.42 Å². The summed E-state index contributed by atoms with van der Waals surface area (Å²) in [5.41, 5.74) is 1.52. The molecule has 2 aromatic carbocycles. The van der Waals surface area contributed by atoms with Gasteiger partial charge in [0.2, 0.25) is 15.9 Å². The molecule has 1 saturated heterocycles. The zero-order chi connectivity index (χ0) is 21.8. The van der Waals surface area contributed by atoms with Crippen molar-refractivity contribution in [1.29, 1.82) is 0 Å². The number of benzene rings is 2. The molecular weight excluding hydrogens is 416 g/mol. The average Bonchev–Trinajstić information content (AvgIpc) is 3.20. The lowest BCUT2D eigenvalue weighted by molar-refractivity contribution is -0.120. The van der Waals surface area contributed by atoms with Gasteiger partial charge in [0, 0.05) is 36.7 Å². The molecule has 2 heterocycles. The van der Waals surface area contributed by atoms with Crippen LogP contribution in [0.4, 0.5) is 0 Å². The summed E-state index contributed by atoms with van der Waals surface area (Å²) in [5, 5.41) is 3.89. The third-order valence-electron chi connectivity index (χ3n) is 5.76. The minimum absolute atomic E-state index is 0.0714. The number of carbonyl (C=O) groups excluding carboxylic acids is 1. The van der Waals surface area contributed by atoms with E-state index < -0.39 is 10.0 Å². The molecule has 3 aromatic rings. The highest BCUT2D eigenvalue weighted by Gasteiger charge is 2.29. The molecule has 8 heteroatoms. The molecule has 31 heavy (non-hydrogen) atoms. The summed E-state index contributed by atoms with van der Waals surface area (Å²) in [6.45, 7) is 1.47. The van der Waals surface area contributed by atoms with E-state index in [1.165, 1.54) is 4.31 Å². The quantitative estimate of drug-likeness (QED) is 0.607. The number of fused-ring (bicyclic) bond motifs is 1. The number of methoxy groups -OCH3 is 1. The second-order valence-corrected chi connectivity index (χ2v) is 9.70. The lowest BCUT2D eigenvalue weighted by Crippen LogP contribution is -2.41. The summed E-state index contributed by atoms with van der Waals surface area (Å²) in [7, 11) is -1.85. The Bertz CT molecular complexity index is 1150. The number of sulfonamides is 1. The molecule has 1 amide bonds. The Morgan fingerprint density at radius 2 is 1.90 bits per heavy atom. The molecule has 7 nitrogen and oxygen atoms in total. The van der Waals surface area contributed by atoms with Crippen LogP contribution in [0.1, 0.15) is 18.4 Å². The standard InChI is InChI=1S/C23H26N2O5S/c1-29-19-7-8-21-18(16-30-22(21)14-19)13-23(26)24-15-17-9-11-25(12-10-17)31(27,28)20-5-3-2-4-6-20/h2-8,14,16-17H,9-13,15H2,1H3,(H,24,26). The van der Waals surface area contributed by atoms with Gasteiger partial charge in [-0.1, -0.05) is 18.2 Å². The molecule has 0 spiro atoms. The average molecular weight is 443 g/mol. The SMILES string of the molecule is COc1ccc2c(CC(=O)NCC3CCN(S(=O)(=O)c4ccccc4)CC3)coc2c1. The van der Waals surface area contributed by atoms with E-state index in [-0.39, 0.29) is 18.2 Å². The number of ether oxygens (including phenoxy) is 1. The third kappa shape index (κ3) is 4.75. The van der Waals surface area contributed by atoms with E-state index in [0.29, 0.717) is 35.9 Å². The first-order chi connectivity index (χ1) is 15.0. The summed E-state index contributed by atoms with van der Waals surface area (Å²) >= 11 is 0. The third-order valence-corrected chi connectivity index (χ3v) is 7.67. The van der Waals surface area contributed by atoms with Gasteiger partial charge >= 0.3 is 0 Å². The number of furan rings is 1. The fraction of sp³-hybridized carbons (Fsp3) is 0.348. The molecule has 1 N–H and O–H groups in total. The zero-order valence-electron chi connectivity index (χ0n) is 17.4. The molecule has 0 bridgehead atoms.